The molecule has 4 rings (SSSR count). The predicted octanol–water partition coefficient (Wildman–Crippen LogP) is 2.41. The number of aromatic amines is 1. The van der Waals surface area contributed by atoms with Gasteiger partial charge in [0.1, 0.15) is 17.4 Å². The Labute approximate surface area is 155 Å². The number of H-pyrrole nitrogens is 1. The van der Waals surface area contributed by atoms with Gasteiger partial charge in [-0.3, -0.25) is 9.20 Å². The molecule has 3 aromatic heterocycles. The van der Waals surface area contributed by atoms with Gasteiger partial charge in [-0.05, 0) is 24.3 Å². The molecule has 0 saturated heterocycles. The zero-order valence-corrected chi connectivity index (χ0v) is 15.1. The van der Waals surface area contributed by atoms with Crippen LogP contribution in [0.15, 0.2) is 36.5 Å². The van der Waals surface area contributed by atoms with Gasteiger partial charge in [-0.2, -0.15) is 0 Å². The average Bonchev–Trinajstić information content (AvgIpc) is 3.24. The summed E-state index contributed by atoms with van der Waals surface area (Å²) in [6.07, 6.45) is 2.42. The van der Waals surface area contributed by atoms with E-state index in [1.54, 1.807) is 24.3 Å². The van der Waals surface area contributed by atoms with Gasteiger partial charge in [0.25, 0.3) is 5.91 Å². The van der Waals surface area contributed by atoms with Gasteiger partial charge in [0, 0.05) is 31.1 Å². The number of nitrogens with one attached hydrogen (secondary N) is 2. The highest BCUT2D eigenvalue weighted by Gasteiger charge is 2.16. The number of phenolic OH excluding ortho intramolecular Hbond substituents is 1. The fourth-order valence-corrected chi connectivity index (χ4v) is 3.06. The predicted molar refractivity (Wildman–Crippen MR) is 101 cm³/mol. The Hall–Kier alpha value is -3.42. The Morgan fingerprint density at radius 2 is 2.15 bits per heavy atom. The van der Waals surface area contributed by atoms with Gasteiger partial charge in [-0.25, -0.2) is 4.98 Å². The Kier molecular flexibility index (Phi) is 4.23. The van der Waals surface area contributed by atoms with Crippen molar-refractivity contribution in [2.45, 2.75) is 26.2 Å². The molecule has 0 fully saturated rings. The van der Waals surface area contributed by atoms with E-state index in [9.17, 15) is 9.90 Å². The summed E-state index contributed by atoms with van der Waals surface area (Å²) in [5.74, 6) is 1.78. The molecule has 0 spiro atoms. The van der Waals surface area contributed by atoms with Crippen molar-refractivity contribution in [1.82, 2.24) is 29.9 Å². The number of fused-ring (bicyclic) bond motifs is 2. The molecule has 27 heavy (non-hydrogen) atoms. The molecule has 3 N–H and O–H groups in total. The zero-order chi connectivity index (χ0) is 19.0. The van der Waals surface area contributed by atoms with Crippen LogP contribution in [0.5, 0.6) is 5.75 Å². The number of aromatic hydroxyl groups is 1. The second kappa shape index (κ2) is 6.71. The third-order valence-electron chi connectivity index (χ3n) is 4.38. The van der Waals surface area contributed by atoms with Crippen molar-refractivity contribution >= 4 is 22.6 Å². The number of hydrogen-bond acceptors (Lipinski definition) is 5. The van der Waals surface area contributed by atoms with Gasteiger partial charge < -0.3 is 15.4 Å². The minimum atomic E-state index is -0.197. The highest BCUT2D eigenvalue weighted by Crippen LogP contribution is 2.18. The molecule has 1 aromatic carbocycles. The van der Waals surface area contributed by atoms with Gasteiger partial charge in [0.05, 0.1) is 16.6 Å². The van der Waals surface area contributed by atoms with Crippen LogP contribution in [0.3, 0.4) is 0 Å². The second-order valence-corrected chi connectivity index (χ2v) is 6.72. The zero-order valence-electron chi connectivity index (χ0n) is 15.1. The molecule has 0 saturated carbocycles. The van der Waals surface area contributed by atoms with Crippen molar-refractivity contribution in [3.05, 3.63) is 53.7 Å². The molecule has 4 aromatic rings. The normalized spacial score (nSPS) is 11.5. The number of carbonyl (C=O) groups excluding carboxylic acids is 1. The molecule has 138 valence electrons. The molecular weight excluding hydrogens is 344 g/mol. The largest absolute Gasteiger partial charge is 0.508 e. The molecule has 0 atom stereocenters. The molecule has 1 amide bonds. The van der Waals surface area contributed by atoms with E-state index in [2.05, 4.69) is 25.5 Å². The fourth-order valence-electron chi connectivity index (χ4n) is 3.06. The quantitative estimate of drug-likeness (QED) is 0.504. The maximum atomic E-state index is 12.6. The first kappa shape index (κ1) is 17.0. The highest BCUT2D eigenvalue weighted by atomic mass is 16.3. The van der Waals surface area contributed by atoms with E-state index < -0.39 is 0 Å². The molecule has 0 radical (unpaired) electrons. The number of rotatable bonds is 5. The lowest BCUT2D eigenvalue weighted by Gasteiger charge is -2.06. The van der Waals surface area contributed by atoms with Crippen LogP contribution < -0.4 is 5.32 Å². The van der Waals surface area contributed by atoms with E-state index in [4.69, 9.17) is 0 Å². The fraction of sp³-hybridized carbons (Fsp3) is 0.263. The van der Waals surface area contributed by atoms with E-state index in [0.29, 0.717) is 24.2 Å². The van der Waals surface area contributed by atoms with Gasteiger partial charge in [-0.1, -0.05) is 13.8 Å². The number of nitrogens with zero attached hydrogens (tertiary/aromatic N) is 4. The molecule has 0 unspecified atom stereocenters. The molecule has 8 nitrogen and oxygen atoms in total. The number of imidazole rings is 1. The Balaban J connectivity index is 1.47. The Bertz CT molecular complexity index is 1130. The van der Waals surface area contributed by atoms with Crippen molar-refractivity contribution in [2.24, 2.45) is 0 Å². The van der Waals surface area contributed by atoms with E-state index in [1.165, 1.54) is 0 Å². The van der Waals surface area contributed by atoms with E-state index in [0.717, 1.165) is 22.7 Å². The summed E-state index contributed by atoms with van der Waals surface area (Å²) < 4.78 is 1.85. The number of carbonyl (C=O) groups is 1. The lowest BCUT2D eigenvalue weighted by atomic mass is 10.2. The van der Waals surface area contributed by atoms with Gasteiger partial charge in [-0.15, -0.1) is 10.2 Å². The van der Waals surface area contributed by atoms with Crippen LogP contribution in [0.1, 0.15) is 41.8 Å². The minimum absolute atomic E-state index is 0.188. The van der Waals surface area contributed by atoms with Crippen molar-refractivity contribution < 1.29 is 9.90 Å². The van der Waals surface area contributed by atoms with Crippen molar-refractivity contribution in [3.8, 4) is 5.75 Å². The number of aromatic nitrogens is 5. The highest BCUT2D eigenvalue weighted by molar-refractivity contribution is 5.99. The van der Waals surface area contributed by atoms with Gasteiger partial charge in [0.2, 0.25) is 0 Å². The Morgan fingerprint density at radius 3 is 2.96 bits per heavy atom. The first-order chi connectivity index (χ1) is 13.0. The topological polar surface area (TPSA) is 108 Å². The summed E-state index contributed by atoms with van der Waals surface area (Å²) in [4.78, 5) is 20.2. The number of pyridine rings is 1. The molecule has 0 aliphatic carbocycles. The van der Waals surface area contributed by atoms with Crippen molar-refractivity contribution in [1.29, 1.82) is 0 Å². The van der Waals surface area contributed by atoms with E-state index in [1.807, 2.05) is 30.5 Å². The number of benzene rings is 1. The average molecular weight is 364 g/mol. The van der Waals surface area contributed by atoms with Gasteiger partial charge in [0.15, 0.2) is 5.65 Å². The number of amides is 1. The molecule has 0 aliphatic heterocycles. The standard InChI is InChI=1S/C19H20N6O2/c1-11(2)17-23-24-18-13(4-3-9-25(17)18)19(27)20-8-7-16-21-14-6-5-12(26)10-15(14)22-16/h3-6,9-11,26H,7-8H2,1-2H3,(H,20,27)(H,21,22). The lowest BCUT2D eigenvalue weighted by Crippen LogP contribution is -2.26. The maximum Gasteiger partial charge on any atom is 0.255 e. The molecule has 0 bridgehead atoms. The van der Waals surface area contributed by atoms with Crippen LogP contribution in [-0.4, -0.2) is 42.1 Å². The SMILES string of the molecule is CC(C)c1nnc2c(C(=O)NCCc3nc4ccc(O)cc4[nH]3)cccn12. The Morgan fingerprint density at radius 1 is 1.30 bits per heavy atom. The summed E-state index contributed by atoms with van der Waals surface area (Å²) in [6, 6.07) is 8.54. The summed E-state index contributed by atoms with van der Waals surface area (Å²) in [6.45, 7) is 4.50. The second-order valence-electron chi connectivity index (χ2n) is 6.72. The summed E-state index contributed by atoms with van der Waals surface area (Å²) in [5.41, 5.74) is 2.60. The van der Waals surface area contributed by atoms with Crippen LogP contribution in [0.2, 0.25) is 0 Å². The maximum absolute atomic E-state index is 12.6. The monoisotopic (exact) mass is 364 g/mol. The number of hydrogen-bond donors (Lipinski definition) is 3. The summed E-state index contributed by atoms with van der Waals surface area (Å²) in [5, 5.41) is 20.8. The van der Waals surface area contributed by atoms with E-state index in [-0.39, 0.29) is 17.6 Å². The van der Waals surface area contributed by atoms with Gasteiger partial charge >= 0.3 is 0 Å². The van der Waals surface area contributed by atoms with Crippen molar-refractivity contribution in [2.75, 3.05) is 6.54 Å². The van der Waals surface area contributed by atoms with Crippen LogP contribution >= 0.6 is 0 Å². The van der Waals surface area contributed by atoms with Crippen LogP contribution in [-0.2, 0) is 6.42 Å². The molecule has 0 aliphatic rings. The van der Waals surface area contributed by atoms with Crippen LogP contribution in [0.4, 0.5) is 0 Å². The molecule has 8 heteroatoms. The summed E-state index contributed by atoms with van der Waals surface area (Å²) in [7, 11) is 0. The number of phenols is 1. The lowest BCUT2D eigenvalue weighted by molar-refractivity contribution is 0.0955. The first-order valence-electron chi connectivity index (χ1n) is 8.82. The molecular formula is C19H20N6O2. The minimum Gasteiger partial charge on any atom is -0.508 e. The molecule has 3 heterocycles. The van der Waals surface area contributed by atoms with Crippen molar-refractivity contribution in [3.63, 3.8) is 0 Å². The smallest absolute Gasteiger partial charge is 0.255 e. The van der Waals surface area contributed by atoms with Crippen LogP contribution in [0.25, 0.3) is 16.7 Å². The third-order valence-corrected chi connectivity index (χ3v) is 4.38. The summed E-state index contributed by atoms with van der Waals surface area (Å²) >= 11 is 0. The van der Waals surface area contributed by atoms with E-state index >= 15 is 0 Å². The van der Waals surface area contributed by atoms with Crippen LogP contribution in [0, 0.1) is 0 Å². The first-order valence-corrected chi connectivity index (χ1v) is 8.82. The third kappa shape index (κ3) is 3.21.